The number of benzene rings is 2. The minimum absolute atomic E-state index is 0.0835. The van der Waals surface area contributed by atoms with Crippen molar-refractivity contribution in [2.24, 2.45) is 0 Å². The predicted octanol–water partition coefficient (Wildman–Crippen LogP) is 6.00. The van der Waals surface area contributed by atoms with Crippen LogP contribution in [-0.2, 0) is 35.1 Å². The van der Waals surface area contributed by atoms with Gasteiger partial charge in [0.25, 0.3) is 5.91 Å². The lowest BCUT2D eigenvalue weighted by Crippen LogP contribution is -2.11. The lowest BCUT2D eigenvalue weighted by atomic mass is 10.1. The molecule has 0 saturated carbocycles. The number of carbonyl (C=O) groups excluding carboxylic acids is 3. The van der Waals surface area contributed by atoms with Gasteiger partial charge < -0.3 is 29.0 Å². The summed E-state index contributed by atoms with van der Waals surface area (Å²) in [5.74, 6) is 0.833. The predicted molar refractivity (Wildman–Crippen MR) is 154 cm³/mol. The van der Waals surface area contributed by atoms with Crippen LogP contribution in [0.2, 0.25) is 0 Å². The van der Waals surface area contributed by atoms with Crippen LogP contribution in [0.5, 0.6) is 5.75 Å². The van der Waals surface area contributed by atoms with Crippen molar-refractivity contribution in [2.45, 2.75) is 39.2 Å². The van der Waals surface area contributed by atoms with Gasteiger partial charge in [0.1, 0.15) is 11.5 Å². The molecule has 0 atom stereocenters. The van der Waals surface area contributed by atoms with E-state index >= 15 is 0 Å². The van der Waals surface area contributed by atoms with Crippen LogP contribution in [-0.4, -0.2) is 37.9 Å². The lowest BCUT2D eigenvalue weighted by molar-refractivity contribution is -0.137. The number of nitrogens with one attached hydrogen (secondary N) is 1. The van der Waals surface area contributed by atoms with Crippen LogP contribution < -0.4 is 10.1 Å². The summed E-state index contributed by atoms with van der Waals surface area (Å²) in [6.07, 6.45) is 7.13. The first kappa shape index (κ1) is 30.9. The average Bonchev–Trinajstić information content (AvgIpc) is 2.98. The molecule has 41 heavy (non-hydrogen) atoms. The van der Waals surface area contributed by atoms with E-state index in [2.05, 4.69) is 18.5 Å². The number of esters is 2. The molecule has 0 spiro atoms. The Bertz CT molecular complexity index is 1280. The zero-order chi connectivity index (χ0) is 29.5. The number of ether oxygens (including phenoxy) is 5. The van der Waals surface area contributed by atoms with Crippen LogP contribution in [0.4, 0.5) is 5.69 Å². The van der Waals surface area contributed by atoms with Gasteiger partial charge in [-0.15, -0.1) is 0 Å². The van der Waals surface area contributed by atoms with Crippen molar-refractivity contribution in [2.75, 3.05) is 25.3 Å². The number of hydrogen-bond donors (Lipinski definition) is 1. The first-order valence-corrected chi connectivity index (χ1v) is 13.2. The zero-order valence-electron chi connectivity index (χ0n) is 23.2. The number of anilines is 1. The molecule has 0 aliphatic heterocycles. The van der Waals surface area contributed by atoms with Crippen LogP contribution in [0.25, 0.3) is 0 Å². The van der Waals surface area contributed by atoms with E-state index in [-0.39, 0.29) is 12.7 Å². The third-order valence-corrected chi connectivity index (χ3v) is 5.80. The van der Waals surface area contributed by atoms with E-state index in [9.17, 15) is 14.4 Å². The number of amides is 1. The molecule has 9 nitrogen and oxygen atoms in total. The van der Waals surface area contributed by atoms with Gasteiger partial charge in [-0.25, -0.2) is 9.59 Å². The molecule has 3 rings (SSSR count). The molecular formula is C32H35NO8. The number of hydrogen-bond acceptors (Lipinski definition) is 8. The standard InChI is InChI=1S/C32H35NO8/c1-4-30(34)39-20-6-5-19-38-27-13-9-25(10-14-27)32(36)41-29-17-15-28(16-18-29)40-22-37-21-24-7-11-26(12-8-24)33-31(35)23(2)3/h4,7-15,17H,1-2,5-6,16,18-22H2,3H3,(H,33,35). The van der Waals surface area contributed by atoms with Crippen molar-refractivity contribution in [3.63, 3.8) is 0 Å². The third-order valence-electron chi connectivity index (χ3n) is 5.80. The monoisotopic (exact) mass is 561 g/mol. The number of unbranched alkanes of at least 4 members (excludes halogenated alkanes) is 1. The maximum Gasteiger partial charge on any atom is 0.343 e. The summed E-state index contributed by atoms with van der Waals surface area (Å²) < 4.78 is 27.4. The summed E-state index contributed by atoms with van der Waals surface area (Å²) >= 11 is 0. The van der Waals surface area contributed by atoms with Gasteiger partial charge in [-0.1, -0.05) is 25.3 Å². The highest BCUT2D eigenvalue weighted by molar-refractivity contribution is 6.02. The average molecular weight is 562 g/mol. The van der Waals surface area contributed by atoms with Gasteiger partial charge in [0.05, 0.1) is 31.1 Å². The summed E-state index contributed by atoms with van der Waals surface area (Å²) in [6, 6.07) is 14.1. The summed E-state index contributed by atoms with van der Waals surface area (Å²) in [5, 5.41) is 2.76. The Morgan fingerprint density at radius 3 is 2.24 bits per heavy atom. The molecule has 2 aromatic carbocycles. The Morgan fingerprint density at radius 1 is 0.902 bits per heavy atom. The molecule has 1 aliphatic carbocycles. The summed E-state index contributed by atoms with van der Waals surface area (Å²) in [6.45, 7) is 9.84. The summed E-state index contributed by atoms with van der Waals surface area (Å²) in [4.78, 5) is 35.2. The second-order valence-corrected chi connectivity index (χ2v) is 9.15. The second-order valence-electron chi connectivity index (χ2n) is 9.15. The Balaban J connectivity index is 1.33. The summed E-state index contributed by atoms with van der Waals surface area (Å²) in [7, 11) is 0. The van der Waals surface area contributed by atoms with Gasteiger partial charge in [0.2, 0.25) is 0 Å². The highest BCUT2D eigenvalue weighted by Crippen LogP contribution is 2.22. The van der Waals surface area contributed by atoms with Crippen molar-refractivity contribution in [1.82, 2.24) is 0 Å². The van der Waals surface area contributed by atoms with E-state index in [4.69, 9.17) is 23.7 Å². The molecule has 216 valence electrons. The van der Waals surface area contributed by atoms with Gasteiger partial charge in [0.15, 0.2) is 6.79 Å². The molecule has 0 fully saturated rings. The molecule has 0 bridgehead atoms. The normalized spacial score (nSPS) is 12.3. The number of rotatable bonds is 16. The van der Waals surface area contributed by atoms with E-state index in [0.717, 1.165) is 23.8 Å². The van der Waals surface area contributed by atoms with Crippen molar-refractivity contribution in [3.05, 3.63) is 108 Å². The quantitative estimate of drug-likeness (QED) is 0.115. The van der Waals surface area contributed by atoms with Gasteiger partial charge >= 0.3 is 11.9 Å². The van der Waals surface area contributed by atoms with E-state index in [1.165, 1.54) is 0 Å². The fourth-order valence-electron chi connectivity index (χ4n) is 3.49. The first-order chi connectivity index (χ1) is 19.8. The van der Waals surface area contributed by atoms with E-state index in [1.807, 2.05) is 12.1 Å². The summed E-state index contributed by atoms with van der Waals surface area (Å²) in [5.41, 5.74) is 2.49. The van der Waals surface area contributed by atoms with Crippen LogP contribution in [0.3, 0.4) is 0 Å². The SMILES string of the molecule is C=CC(=O)OCCCCOc1ccc(C(=O)OC2=CC=C(OCOCc3ccc(NC(=O)C(=C)C)cc3)CC2)cc1. The highest BCUT2D eigenvalue weighted by Gasteiger charge is 2.14. The second kappa shape index (κ2) is 16.5. The highest BCUT2D eigenvalue weighted by atomic mass is 16.7. The van der Waals surface area contributed by atoms with Crippen LogP contribution in [0.15, 0.2) is 97.0 Å². The van der Waals surface area contributed by atoms with Gasteiger partial charge in [-0.3, -0.25) is 4.79 Å². The molecule has 2 aromatic rings. The minimum Gasteiger partial charge on any atom is -0.494 e. The molecule has 1 aliphatic rings. The van der Waals surface area contributed by atoms with E-state index < -0.39 is 11.9 Å². The molecule has 9 heteroatoms. The minimum atomic E-state index is -0.446. The zero-order valence-corrected chi connectivity index (χ0v) is 23.2. The van der Waals surface area contributed by atoms with Crippen molar-refractivity contribution < 1.29 is 38.1 Å². The number of carbonyl (C=O) groups is 3. The third kappa shape index (κ3) is 11.2. The Kier molecular flexibility index (Phi) is 12.4. The molecule has 1 N–H and O–H groups in total. The van der Waals surface area contributed by atoms with Gasteiger partial charge in [-0.05, 0) is 73.9 Å². The Hall–Kier alpha value is -4.63. The molecule has 0 radical (unpaired) electrons. The van der Waals surface area contributed by atoms with E-state index in [0.29, 0.717) is 67.4 Å². The largest absolute Gasteiger partial charge is 0.494 e. The topological polar surface area (TPSA) is 109 Å². The molecule has 0 aromatic heterocycles. The van der Waals surface area contributed by atoms with Gasteiger partial charge in [0, 0.05) is 30.2 Å². The maximum absolute atomic E-state index is 12.5. The van der Waals surface area contributed by atoms with Crippen molar-refractivity contribution in [3.8, 4) is 5.75 Å². The van der Waals surface area contributed by atoms with E-state index in [1.54, 1.807) is 55.5 Å². The Morgan fingerprint density at radius 2 is 1.59 bits per heavy atom. The lowest BCUT2D eigenvalue weighted by Gasteiger charge is -2.16. The van der Waals surface area contributed by atoms with Crippen LogP contribution in [0, 0.1) is 0 Å². The van der Waals surface area contributed by atoms with Crippen molar-refractivity contribution >= 4 is 23.5 Å². The van der Waals surface area contributed by atoms with Crippen LogP contribution in [0.1, 0.15) is 48.5 Å². The fraction of sp³-hybridized carbons (Fsp3) is 0.281. The van der Waals surface area contributed by atoms with Crippen LogP contribution >= 0.6 is 0 Å². The molecule has 1 amide bonds. The molecular weight excluding hydrogens is 526 g/mol. The Labute approximate surface area is 240 Å². The smallest absolute Gasteiger partial charge is 0.343 e. The molecule has 0 unspecified atom stereocenters. The van der Waals surface area contributed by atoms with Gasteiger partial charge in [-0.2, -0.15) is 0 Å². The molecule has 0 heterocycles. The first-order valence-electron chi connectivity index (χ1n) is 13.2. The fourth-order valence-corrected chi connectivity index (χ4v) is 3.49. The maximum atomic E-state index is 12.5. The number of allylic oxidation sites excluding steroid dienone is 4. The molecule has 0 saturated heterocycles. The van der Waals surface area contributed by atoms with Crippen molar-refractivity contribution in [1.29, 1.82) is 0 Å².